The van der Waals surface area contributed by atoms with Gasteiger partial charge in [-0.05, 0) is 49.2 Å². The Balaban J connectivity index is 1.23. The average molecular weight is 517 g/mol. The van der Waals surface area contributed by atoms with Gasteiger partial charge < -0.3 is 14.9 Å². The van der Waals surface area contributed by atoms with Gasteiger partial charge in [-0.1, -0.05) is 41.6 Å². The second-order valence-electron chi connectivity index (χ2n) is 8.88. The molecule has 1 fully saturated rings. The van der Waals surface area contributed by atoms with Crippen molar-refractivity contribution in [3.63, 3.8) is 0 Å². The Morgan fingerprint density at radius 3 is 2.70 bits per heavy atom. The summed E-state index contributed by atoms with van der Waals surface area (Å²) < 4.78 is 34.8. The van der Waals surface area contributed by atoms with E-state index >= 15 is 0 Å². The molecule has 2 N–H and O–H groups in total. The fourth-order valence-electron chi connectivity index (χ4n) is 4.41. The van der Waals surface area contributed by atoms with Crippen molar-refractivity contribution >= 4 is 21.4 Å². The SMILES string of the molecule is Cc1ccc(-c2noc([C@H]3CCN3S(=O)(=O)c3ccccc3)n2)cc1NC(O)c1cnc2ccccn12. The second kappa shape index (κ2) is 9.11. The first kappa shape index (κ1) is 23.3. The summed E-state index contributed by atoms with van der Waals surface area (Å²) in [6.45, 7) is 2.31. The van der Waals surface area contributed by atoms with Crippen molar-refractivity contribution in [1.29, 1.82) is 0 Å². The molecule has 11 heteroatoms. The minimum absolute atomic E-state index is 0.234. The number of hydrogen-bond donors (Lipinski definition) is 2. The fourth-order valence-corrected chi connectivity index (χ4v) is 6.05. The van der Waals surface area contributed by atoms with Crippen LogP contribution in [0.2, 0.25) is 0 Å². The number of benzene rings is 2. The van der Waals surface area contributed by atoms with E-state index in [-0.39, 0.29) is 10.8 Å². The predicted molar refractivity (Wildman–Crippen MR) is 136 cm³/mol. The zero-order valence-electron chi connectivity index (χ0n) is 19.9. The Bertz CT molecular complexity index is 1680. The van der Waals surface area contributed by atoms with Gasteiger partial charge in [-0.3, -0.25) is 4.40 Å². The van der Waals surface area contributed by atoms with Crippen molar-refractivity contribution in [2.75, 3.05) is 11.9 Å². The van der Waals surface area contributed by atoms with Gasteiger partial charge in [0.05, 0.1) is 16.8 Å². The van der Waals surface area contributed by atoms with Crippen LogP contribution >= 0.6 is 0 Å². The van der Waals surface area contributed by atoms with Gasteiger partial charge in [0.2, 0.25) is 21.7 Å². The van der Waals surface area contributed by atoms with Crippen LogP contribution in [0, 0.1) is 6.92 Å². The lowest BCUT2D eigenvalue weighted by atomic mass is 10.1. The normalized spacial score (nSPS) is 17.0. The summed E-state index contributed by atoms with van der Waals surface area (Å²) in [4.78, 5) is 9.07. The summed E-state index contributed by atoms with van der Waals surface area (Å²) in [5, 5.41) is 18.1. The highest BCUT2D eigenvalue weighted by Gasteiger charge is 2.42. The van der Waals surface area contributed by atoms with Gasteiger partial charge in [-0.15, -0.1) is 0 Å². The van der Waals surface area contributed by atoms with E-state index in [4.69, 9.17) is 4.52 Å². The molecule has 1 unspecified atom stereocenters. The average Bonchev–Trinajstić information content (AvgIpc) is 3.53. The highest BCUT2D eigenvalue weighted by molar-refractivity contribution is 7.89. The van der Waals surface area contributed by atoms with Gasteiger partial charge >= 0.3 is 0 Å². The van der Waals surface area contributed by atoms with Crippen LogP contribution in [-0.4, -0.2) is 43.9 Å². The highest BCUT2D eigenvalue weighted by atomic mass is 32.2. The highest BCUT2D eigenvalue weighted by Crippen LogP contribution is 2.38. The van der Waals surface area contributed by atoms with E-state index < -0.39 is 22.3 Å². The number of aryl methyl sites for hydroxylation is 1. The van der Waals surface area contributed by atoms with Crippen molar-refractivity contribution < 1.29 is 18.0 Å². The van der Waals surface area contributed by atoms with Crippen LogP contribution in [0.1, 0.15) is 35.8 Å². The first-order chi connectivity index (χ1) is 17.9. The van der Waals surface area contributed by atoms with Crippen LogP contribution in [0.5, 0.6) is 0 Å². The third kappa shape index (κ3) is 4.16. The van der Waals surface area contributed by atoms with E-state index in [0.717, 1.165) is 11.2 Å². The van der Waals surface area contributed by atoms with Crippen LogP contribution in [-0.2, 0) is 10.0 Å². The second-order valence-corrected chi connectivity index (χ2v) is 10.8. The third-order valence-electron chi connectivity index (χ3n) is 6.56. The first-order valence-corrected chi connectivity index (χ1v) is 13.2. The van der Waals surface area contributed by atoms with Crippen LogP contribution in [0.15, 0.2) is 88.5 Å². The van der Waals surface area contributed by atoms with Crippen LogP contribution in [0.3, 0.4) is 0 Å². The molecule has 188 valence electrons. The number of aliphatic hydroxyl groups is 1. The molecule has 4 heterocycles. The number of aliphatic hydroxyl groups excluding tert-OH is 1. The molecule has 6 rings (SSSR count). The zero-order chi connectivity index (χ0) is 25.6. The molecule has 0 radical (unpaired) electrons. The standard InChI is InChI=1S/C26H24N6O4S/c1-17-10-11-18(15-20(17)28-25(33)22-16-27-23-9-5-6-13-31(22)23)24-29-26(36-30-24)21-12-14-32(21)37(34,35)19-7-3-2-4-8-19/h2-11,13,15-16,21,25,28,33H,12,14H2,1H3/t21-,25?/m1/s1. The fraction of sp³-hybridized carbons (Fsp3) is 0.192. The number of pyridine rings is 1. The van der Waals surface area contributed by atoms with Gasteiger partial charge in [-0.25, -0.2) is 13.4 Å². The van der Waals surface area contributed by atoms with Crippen molar-refractivity contribution in [3.8, 4) is 11.4 Å². The Morgan fingerprint density at radius 2 is 1.92 bits per heavy atom. The maximum atomic E-state index is 13.0. The van der Waals surface area contributed by atoms with E-state index in [0.29, 0.717) is 35.7 Å². The summed E-state index contributed by atoms with van der Waals surface area (Å²) in [6.07, 6.45) is 3.07. The molecular weight excluding hydrogens is 492 g/mol. The van der Waals surface area contributed by atoms with Gasteiger partial charge in [-0.2, -0.15) is 9.29 Å². The van der Waals surface area contributed by atoms with Gasteiger partial charge in [0.1, 0.15) is 11.7 Å². The van der Waals surface area contributed by atoms with Crippen LogP contribution in [0.4, 0.5) is 5.69 Å². The number of fused-ring (bicyclic) bond motifs is 1. The molecule has 0 bridgehead atoms. The number of nitrogens with zero attached hydrogens (tertiary/aromatic N) is 5. The monoisotopic (exact) mass is 516 g/mol. The van der Waals surface area contributed by atoms with Crippen LogP contribution in [0.25, 0.3) is 17.0 Å². The minimum Gasteiger partial charge on any atom is -0.368 e. The third-order valence-corrected chi connectivity index (χ3v) is 8.48. The number of anilines is 1. The van der Waals surface area contributed by atoms with E-state index in [9.17, 15) is 13.5 Å². The quantitative estimate of drug-likeness (QED) is 0.312. The minimum atomic E-state index is -3.66. The van der Waals surface area contributed by atoms with Gasteiger partial charge in [0.15, 0.2) is 6.23 Å². The molecule has 2 aromatic carbocycles. The van der Waals surface area contributed by atoms with E-state index in [2.05, 4.69) is 20.4 Å². The van der Waals surface area contributed by atoms with Crippen molar-refractivity contribution in [3.05, 3.63) is 96.3 Å². The molecule has 0 amide bonds. The number of hydrogen-bond acceptors (Lipinski definition) is 8. The molecule has 0 aliphatic carbocycles. The predicted octanol–water partition coefficient (Wildman–Crippen LogP) is 3.93. The molecule has 0 saturated carbocycles. The van der Waals surface area contributed by atoms with Crippen molar-refractivity contribution in [1.82, 2.24) is 23.8 Å². The summed E-state index contributed by atoms with van der Waals surface area (Å²) in [7, 11) is -3.66. The van der Waals surface area contributed by atoms with Gasteiger partial charge in [0, 0.05) is 24.0 Å². The first-order valence-electron chi connectivity index (χ1n) is 11.8. The smallest absolute Gasteiger partial charge is 0.245 e. The number of sulfonamides is 1. The Labute approximate surface area is 213 Å². The molecule has 1 saturated heterocycles. The van der Waals surface area contributed by atoms with Crippen molar-refractivity contribution in [2.45, 2.75) is 30.5 Å². The number of imidazole rings is 1. The number of nitrogens with one attached hydrogen (secondary N) is 1. The Hall–Kier alpha value is -4.06. The molecule has 0 spiro atoms. The topological polar surface area (TPSA) is 126 Å². The number of aromatic nitrogens is 4. The summed E-state index contributed by atoms with van der Waals surface area (Å²) in [5.41, 5.74) is 3.62. The zero-order valence-corrected chi connectivity index (χ0v) is 20.7. The maximum Gasteiger partial charge on any atom is 0.245 e. The maximum absolute atomic E-state index is 13.0. The van der Waals surface area contributed by atoms with Crippen LogP contribution < -0.4 is 5.32 Å². The van der Waals surface area contributed by atoms with E-state index in [1.54, 1.807) is 36.5 Å². The van der Waals surface area contributed by atoms with E-state index in [1.807, 2.05) is 53.9 Å². The molecule has 3 aromatic heterocycles. The lowest BCUT2D eigenvalue weighted by Crippen LogP contribution is -2.45. The lowest BCUT2D eigenvalue weighted by Gasteiger charge is -2.36. The molecular formula is C26H24N6O4S. The molecule has 1 aliphatic rings. The van der Waals surface area contributed by atoms with Gasteiger partial charge in [0.25, 0.3) is 0 Å². The lowest BCUT2D eigenvalue weighted by molar-refractivity contribution is 0.157. The summed E-state index contributed by atoms with van der Waals surface area (Å²) >= 11 is 0. The molecule has 5 aromatic rings. The molecule has 2 atom stereocenters. The largest absolute Gasteiger partial charge is 0.368 e. The summed E-state index contributed by atoms with van der Waals surface area (Å²) in [5.74, 6) is 0.591. The van der Waals surface area contributed by atoms with Crippen molar-refractivity contribution in [2.24, 2.45) is 0 Å². The summed E-state index contributed by atoms with van der Waals surface area (Å²) in [6, 6.07) is 19.0. The Morgan fingerprint density at radius 1 is 1.11 bits per heavy atom. The molecule has 10 nitrogen and oxygen atoms in total. The van der Waals surface area contributed by atoms with E-state index in [1.165, 1.54) is 4.31 Å². The Kier molecular flexibility index (Phi) is 5.75. The number of rotatable bonds is 7. The molecule has 1 aliphatic heterocycles. The molecule has 37 heavy (non-hydrogen) atoms.